The van der Waals surface area contributed by atoms with Crippen molar-refractivity contribution in [2.45, 2.75) is 12.5 Å². The molecule has 0 unspecified atom stereocenters. The number of hydrogen-bond donors (Lipinski definition) is 1. The molecule has 0 amide bonds. The Labute approximate surface area is 104 Å². The topological polar surface area (TPSA) is 46.5 Å². The molecule has 18 heavy (non-hydrogen) atoms. The van der Waals surface area contributed by atoms with E-state index in [0.29, 0.717) is 5.75 Å². The molecule has 2 aromatic rings. The van der Waals surface area contributed by atoms with E-state index in [9.17, 15) is 9.18 Å². The SMILES string of the molecule is O=C(C[C@H](O)C[18F])Oc1ccc2ccccc2c1. The number of rotatable bonds is 4. The Morgan fingerprint density at radius 3 is 2.67 bits per heavy atom. The Morgan fingerprint density at radius 2 is 1.94 bits per heavy atom. The summed E-state index contributed by atoms with van der Waals surface area (Å²) in [5.41, 5.74) is 0. The molecule has 2 aromatic carbocycles. The van der Waals surface area contributed by atoms with Crippen LogP contribution in [0.15, 0.2) is 42.5 Å². The van der Waals surface area contributed by atoms with E-state index in [4.69, 9.17) is 9.84 Å². The van der Waals surface area contributed by atoms with E-state index >= 15 is 0 Å². The van der Waals surface area contributed by atoms with Gasteiger partial charge in [-0.25, -0.2) is 4.39 Å². The lowest BCUT2D eigenvalue weighted by Gasteiger charge is -2.07. The summed E-state index contributed by atoms with van der Waals surface area (Å²) in [6.07, 6.45) is -1.64. The number of esters is 1. The van der Waals surface area contributed by atoms with E-state index < -0.39 is 18.7 Å². The highest BCUT2D eigenvalue weighted by molar-refractivity contribution is 5.84. The summed E-state index contributed by atoms with van der Waals surface area (Å²) in [6.45, 7) is -0.952. The van der Waals surface area contributed by atoms with Crippen LogP contribution in [0.25, 0.3) is 10.8 Å². The summed E-state index contributed by atoms with van der Waals surface area (Å²) >= 11 is 0. The Balaban J connectivity index is 2.10. The summed E-state index contributed by atoms with van der Waals surface area (Å²) in [7, 11) is 0. The van der Waals surface area contributed by atoms with Crippen LogP contribution in [0.3, 0.4) is 0 Å². The number of aliphatic hydroxyl groups is 1. The number of alkyl halides is 1. The van der Waals surface area contributed by atoms with Crippen LogP contribution in [0.2, 0.25) is 0 Å². The second kappa shape index (κ2) is 5.60. The van der Waals surface area contributed by atoms with Crippen LogP contribution >= 0.6 is 0 Å². The largest absolute Gasteiger partial charge is 0.426 e. The van der Waals surface area contributed by atoms with Crippen molar-refractivity contribution in [3.8, 4) is 5.75 Å². The second-order valence-corrected chi connectivity index (χ2v) is 4.00. The van der Waals surface area contributed by atoms with E-state index in [0.717, 1.165) is 10.8 Å². The second-order valence-electron chi connectivity index (χ2n) is 4.00. The predicted octanol–water partition coefficient (Wildman–Crippen LogP) is 2.47. The maximum absolute atomic E-state index is 12.0. The Hall–Kier alpha value is -1.94. The van der Waals surface area contributed by atoms with Crippen molar-refractivity contribution in [2.75, 3.05) is 6.67 Å². The lowest BCUT2D eigenvalue weighted by Crippen LogP contribution is -2.19. The third-order valence-electron chi connectivity index (χ3n) is 2.53. The molecule has 1 atom stereocenters. The molecular weight excluding hydrogens is 234 g/mol. The van der Waals surface area contributed by atoms with Crippen molar-refractivity contribution in [2.24, 2.45) is 0 Å². The summed E-state index contributed by atoms with van der Waals surface area (Å²) < 4.78 is 17.1. The highest BCUT2D eigenvalue weighted by atomic mass is 18.2. The van der Waals surface area contributed by atoms with Gasteiger partial charge in [-0.15, -0.1) is 0 Å². The van der Waals surface area contributed by atoms with Gasteiger partial charge in [0.1, 0.15) is 12.4 Å². The third-order valence-corrected chi connectivity index (χ3v) is 2.53. The smallest absolute Gasteiger partial charge is 0.313 e. The van der Waals surface area contributed by atoms with Gasteiger partial charge in [0.2, 0.25) is 0 Å². The van der Waals surface area contributed by atoms with Gasteiger partial charge in [0.05, 0.1) is 12.5 Å². The molecule has 94 valence electrons. The van der Waals surface area contributed by atoms with Crippen molar-refractivity contribution in [3.05, 3.63) is 42.5 Å². The first-order chi connectivity index (χ1) is 8.69. The number of halogens is 1. The fourth-order valence-corrected chi connectivity index (χ4v) is 1.65. The van der Waals surface area contributed by atoms with Gasteiger partial charge in [-0.3, -0.25) is 4.79 Å². The monoisotopic (exact) mass is 247 g/mol. The average Bonchev–Trinajstić information content (AvgIpc) is 2.38. The number of carbonyl (C=O) groups is 1. The van der Waals surface area contributed by atoms with Crippen LogP contribution in [-0.2, 0) is 4.79 Å². The molecule has 0 bridgehead atoms. The number of carbonyl (C=O) groups excluding carboxylic acids is 1. The van der Waals surface area contributed by atoms with Crippen LogP contribution in [-0.4, -0.2) is 23.9 Å². The van der Waals surface area contributed by atoms with Crippen molar-refractivity contribution in [1.29, 1.82) is 0 Å². The van der Waals surface area contributed by atoms with E-state index in [1.54, 1.807) is 12.1 Å². The van der Waals surface area contributed by atoms with Crippen molar-refractivity contribution >= 4 is 16.7 Å². The van der Waals surface area contributed by atoms with Gasteiger partial charge in [-0.2, -0.15) is 0 Å². The van der Waals surface area contributed by atoms with E-state index in [2.05, 4.69) is 0 Å². The summed E-state index contributed by atoms with van der Waals surface area (Å²) in [5, 5.41) is 11.0. The Morgan fingerprint density at radius 1 is 1.22 bits per heavy atom. The lowest BCUT2D eigenvalue weighted by atomic mass is 10.1. The average molecular weight is 247 g/mol. The zero-order chi connectivity index (χ0) is 13.0. The van der Waals surface area contributed by atoms with Gasteiger partial charge < -0.3 is 9.84 Å². The molecule has 1 N–H and O–H groups in total. The quantitative estimate of drug-likeness (QED) is 0.667. The molecule has 0 aliphatic heterocycles. The van der Waals surface area contributed by atoms with Crippen LogP contribution < -0.4 is 4.74 Å². The molecule has 0 saturated heterocycles. The molecule has 2 rings (SSSR count). The predicted molar refractivity (Wildman–Crippen MR) is 66.2 cm³/mol. The molecule has 0 aliphatic rings. The molecule has 0 saturated carbocycles. The summed E-state index contributed by atoms with van der Waals surface area (Å²) in [4.78, 5) is 11.4. The number of hydrogen-bond acceptors (Lipinski definition) is 3. The van der Waals surface area contributed by atoms with Crippen molar-refractivity contribution in [3.63, 3.8) is 0 Å². The molecule has 4 heteroatoms. The van der Waals surface area contributed by atoms with Crippen molar-refractivity contribution in [1.82, 2.24) is 0 Å². The number of benzene rings is 2. The molecule has 3 nitrogen and oxygen atoms in total. The maximum atomic E-state index is 12.0. The zero-order valence-corrected chi connectivity index (χ0v) is 9.67. The van der Waals surface area contributed by atoms with Gasteiger partial charge in [-0.05, 0) is 22.9 Å². The fraction of sp³-hybridized carbons (Fsp3) is 0.214. The van der Waals surface area contributed by atoms with Crippen LogP contribution in [0.5, 0.6) is 5.75 Å². The van der Waals surface area contributed by atoms with Gasteiger partial charge in [0, 0.05) is 0 Å². The van der Waals surface area contributed by atoms with Crippen LogP contribution in [0, 0.1) is 0 Å². The van der Waals surface area contributed by atoms with Gasteiger partial charge in [0.25, 0.3) is 0 Å². The minimum atomic E-state index is -1.29. The standard InChI is InChI=1S/C14H13FO3/c15-9-12(16)8-14(17)18-13-6-5-10-3-1-2-4-11(10)7-13/h1-7,12,16H,8-9H2/t12-/m0/s1/i15-1. The molecule has 0 fully saturated rings. The third kappa shape index (κ3) is 3.05. The highest BCUT2D eigenvalue weighted by Crippen LogP contribution is 2.20. The van der Waals surface area contributed by atoms with Gasteiger partial charge in [0.15, 0.2) is 0 Å². The maximum Gasteiger partial charge on any atom is 0.313 e. The first kappa shape index (κ1) is 12.5. The molecular formula is C14H13FO3. The molecule has 0 heterocycles. The first-order valence-electron chi connectivity index (χ1n) is 5.62. The molecule has 0 aromatic heterocycles. The minimum Gasteiger partial charge on any atom is -0.426 e. The Kier molecular flexibility index (Phi) is 3.89. The van der Waals surface area contributed by atoms with Gasteiger partial charge >= 0.3 is 5.97 Å². The zero-order valence-electron chi connectivity index (χ0n) is 9.67. The normalized spacial score (nSPS) is 12.3. The number of fused-ring (bicyclic) bond motifs is 1. The molecule has 0 aliphatic carbocycles. The number of aliphatic hydroxyl groups excluding tert-OH is 1. The lowest BCUT2D eigenvalue weighted by molar-refractivity contribution is -0.136. The molecule has 0 spiro atoms. The summed E-state index contributed by atoms with van der Waals surface area (Å²) in [5.74, 6) is -0.250. The van der Waals surface area contributed by atoms with E-state index in [1.807, 2.05) is 30.3 Å². The first-order valence-corrected chi connectivity index (χ1v) is 5.62. The van der Waals surface area contributed by atoms with E-state index in [1.165, 1.54) is 0 Å². The molecule has 0 radical (unpaired) electrons. The number of ether oxygens (including phenoxy) is 1. The Bertz CT molecular complexity index is 553. The van der Waals surface area contributed by atoms with Crippen LogP contribution in [0.4, 0.5) is 4.39 Å². The van der Waals surface area contributed by atoms with Crippen molar-refractivity contribution < 1.29 is 19.0 Å². The summed E-state index contributed by atoms with van der Waals surface area (Å²) in [6, 6.07) is 12.9. The highest BCUT2D eigenvalue weighted by Gasteiger charge is 2.12. The van der Waals surface area contributed by atoms with Crippen LogP contribution in [0.1, 0.15) is 6.42 Å². The van der Waals surface area contributed by atoms with Gasteiger partial charge in [-0.1, -0.05) is 30.3 Å². The fourth-order valence-electron chi connectivity index (χ4n) is 1.65. The minimum absolute atomic E-state index is 0.344. The van der Waals surface area contributed by atoms with E-state index in [-0.39, 0.29) is 6.42 Å².